The van der Waals surface area contributed by atoms with Gasteiger partial charge in [-0.15, -0.1) is 0 Å². The van der Waals surface area contributed by atoms with Gasteiger partial charge in [0.15, 0.2) is 0 Å². The van der Waals surface area contributed by atoms with Crippen molar-refractivity contribution in [2.45, 2.75) is 32.2 Å². The number of amides is 2. The second kappa shape index (κ2) is 7.14. The van der Waals surface area contributed by atoms with Crippen molar-refractivity contribution < 1.29 is 14.0 Å². The summed E-state index contributed by atoms with van der Waals surface area (Å²) in [6.45, 7) is 0.590. The number of nitrogens with zero attached hydrogens (tertiary/aromatic N) is 2. The largest absolute Gasteiger partial charge is 0.341 e. The molecule has 0 bridgehead atoms. The molecule has 1 atom stereocenters. The first kappa shape index (κ1) is 17.7. The maximum absolute atomic E-state index is 13.8. The third-order valence-corrected chi connectivity index (χ3v) is 5.61. The smallest absolute Gasteiger partial charge is 0.228 e. The van der Waals surface area contributed by atoms with Crippen LogP contribution in [0.5, 0.6) is 0 Å². The first-order chi connectivity index (χ1) is 13.0. The first-order valence-corrected chi connectivity index (χ1v) is 9.43. The predicted octanol–water partition coefficient (Wildman–Crippen LogP) is 3.33. The van der Waals surface area contributed by atoms with Gasteiger partial charge in [-0.1, -0.05) is 24.3 Å². The van der Waals surface area contributed by atoms with Crippen molar-refractivity contribution in [2.24, 2.45) is 5.92 Å². The molecule has 27 heavy (non-hydrogen) atoms. The number of benzene rings is 2. The number of hydrogen-bond donors (Lipinski definition) is 0. The van der Waals surface area contributed by atoms with Crippen LogP contribution in [0.3, 0.4) is 0 Å². The zero-order valence-corrected chi connectivity index (χ0v) is 15.5. The molecule has 1 aliphatic carbocycles. The Hall–Kier alpha value is -2.69. The molecule has 4 rings (SSSR count). The second-order valence-electron chi connectivity index (χ2n) is 7.50. The molecule has 0 unspecified atom stereocenters. The van der Waals surface area contributed by atoms with Crippen LogP contribution < -0.4 is 4.90 Å². The van der Waals surface area contributed by atoms with Gasteiger partial charge >= 0.3 is 0 Å². The van der Waals surface area contributed by atoms with E-state index in [0.29, 0.717) is 12.1 Å². The van der Waals surface area contributed by atoms with E-state index in [2.05, 4.69) is 12.1 Å². The highest BCUT2D eigenvalue weighted by atomic mass is 19.1. The number of rotatable bonds is 4. The molecule has 2 aromatic carbocycles. The lowest BCUT2D eigenvalue weighted by atomic mass is 10.1. The van der Waals surface area contributed by atoms with Crippen molar-refractivity contribution in [1.82, 2.24) is 4.90 Å². The quantitative estimate of drug-likeness (QED) is 0.833. The van der Waals surface area contributed by atoms with Crippen LogP contribution in [-0.2, 0) is 29.0 Å². The molecule has 1 heterocycles. The van der Waals surface area contributed by atoms with Crippen molar-refractivity contribution >= 4 is 17.5 Å². The third-order valence-electron chi connectivity index (χ3n) is 5.61. The summed E-state index contributed by atoms with van der Waals surface area (Å²) >= 11 is 0. The van der Waals surface area contributed by atoms with Crippen LogP contribution in [0.1, 0.15) is 29.5 Å². The van der Waals surface area contributed by atoms with Crippen molar-refractivity contribution in [3.8, 4) is 0 Å². The Bertz CT molecular complexity index is 896. The highest BCUT2D eigenvalue weighted by Crippen LogP contribution is 2.31. The Morgan fingerprint density at radius 1 is 1.19 bits per heavy atom. The number of anilines is 1. The van der Waals surface area contributed by atoms with Crippen LogP contribution in [0.25, 0.3) is 0 Å². The van der Waals surface area contributed by atoms with E-state index in [0.717, 1.165) is 24.9 Å². The molecule has 0 saturated carbocycles. The molecule has 1 aliphatic heterocycles. The van der Waals surface area contributed by atoms with E-state index in [1.54, 1.807) is 30.1 Å². The minimum atomic E-state index is -0.387. The average Bonchev–Trinajstić information content (AvgIpc) is 3.28. The van der Waals surface area contributed by atoms with Crippen LogP contribution >= 0.6 is 0 Å². The van der Waals surface area contributed by atoms with Gasteiger partial charge in [-0.3, -0.25) is 9.59 Å². The van der Waals surface area contributed by atoms with Gasteiger partial charge < -0.3 is 9.80 Å². The Morgan fingerprint density at radius 3 is 2.78 bits per heavy atom. The molecular formula is C22H23FN2O2. The SMILES string of the molecule is CN(Cc1ccccc1F)C(=O)[C@H]1CC(=O)N(c2ccc3c(c2)CCC3)C1. The highest BCUT2D eigenvalue weighted by molar-refractivity contribution is 6.00. The summed E-state index contributed by atoms with van der Waals surface area (Å²) < 4.78 is 13.8. The van der Waals surface area contributed by atoms with E-state index in [9.17, 15) is 14.0 Å². The monoisotopic (exact) mass is 366 g/mol. The maximum Gasteiger partial charge on any atom is 0.228 e. The van der Waals surface area contributed by atoms with Gasteiger partial charge in [0.25, 0.3) is 0 Å². The Morgan fingerprint density at radius 2 is 1.96 bits per heavy atom. The Balaban J connectivity index is 1.45. The summed E-state index contributed by atoms with van der Waals surface area (Å²) in [6.07, 6.45) is 3.52. The first-order valence-electron chi connectivity index (χ1n) is 9.43. The van der Waals surface area contributed by atoms with Crippen LogP contribution in [0.4, 0.5) is 10.1 Å². The summed E-state index contributed by atoms with van der Waals surface area (Å²) in [4.78, 5) is 28.6. The molecular weight excluding hydrogens is 343 g/mol. The van der Waals surface area contributed by atoms with Crippen molar-refractivity contribution in [1.29, 1.82) is 0 Å². The van der Waals surface area contributed by atoms with Gasteiger partial charge in [0.2, 0.25) is 11.8 Å². The zero-order chi connectivity index (χ0) is 19.0. The van der Waals surface area contributed by atoms with Gasteiger partial charge in [0.05, 0.1) is 5.92 Å². The molecule has 4 nitrogen and oxygen atoms in total. The summed E-state index contributed by atoms with van der Waals surface area (Å²) in [7, 11) is 1.66. The fourth-order valence-electron chi connectivity index (χ4n) is 4.12. The summed E-state index contributed by atoms with van der Waals surface area (Å²) in [5.74, 6) is -0.845. The van der Waals surface area contributed by atoms with E-state index in [1.165, 1.54) is 22.1 Å². The van der Waals surface area contributed by atoms with E-state index >= 15 is 0 Å². The lowest BCUT2D eigenvalue weighted by molar-refractivity contribution is -0.135. The zero-order valence-electron chi connectivity index (χ0n) is 15.5. The van der Waals surface area contributed by atoms with E-state index in [1.807, 2.05) is 6.07 Å². The normalized spacial score (nSPS) is 18.7. The van der Waals surface area contributed by atoms with Crippen LogP contribution in [-0.4, -0.2) is 30.3 Å². The van der Waals surface area contributed by atoms with E-state index in [4.69, 9.17) is 0 Å². The molecule has 5 heteroatoms. The van der Waals surface area contributed by atoms with Gasteiger partial charge in [-0.05, 0) is 48.6 Å². The molecule has 0 aromatic heterocycles. The molecule has 140 valence electrons. The van der Waals surface area contributed by atoms with Crippen molar-refractivity contribution in [2.75, 3.05) is 18.5 Å². The average molecular weight is 366 g/mol. The van der Waals surface area contributed by atoms with Crippen LogP contribution in [0.15, 0.2) is 42.5 Å². The molecule has 0 radical (unpaired) electrons. The fourth-order valence-corrected chi connectivity index (χ4v) is 4.12. The second-order valence-corrected chi connectivity index (χ2v) is 7.50. The third kappa shape index (κ3) is 3.46. The summed E-state index contributed by atoms with van der Waals surface area (Å²) in [5, 5.41) is 0. The van der Waals surface area contributed by atoms with Crippen LogP contribution in [0, 0.1) is 11.7 Å². The molecule has 1 saturated heterocycles. The highest BCUT2D eigenvalue weighted by Gasteiger charge is 2.36. The van der Waals surface area contributed by atoms with Crippen LogP contribution in [0.2, 0.25) is 0 Å². The minimum absolute atomic E-state index is 0.0226. The Kier molecular flexibility index (Phi) is 4.68. The van der Waals surface area contributed by atoms with Gasteiger partial charge in [-0.25, -0.2) is 4.39 Å². The van der Waals surface area contributed by atoms with Crippen molar-refractivity contribution in [3.05, 3.63) is 65.0 Å². The topological polar surface area (TPSA) is 40.6 Å². The fraction of sp³-hybridized carbons (Fsp3) is 0.364. The van der Waals surface area contributed by atoms with Gasteiger partial charge in [0, 0.05) is 37.8 Å². The predicted molar refractivity (Wildman–Crippen MR) is 102 cm³/mol. The lowest BCUT2D eigenvalue weighted by Crippen LogP contribution is -2.34. The lowest BCUT2D eigenvalue weighted by Gasteiger charge is -2.22. The minimum Gasteiger partial charge on any atom is -0.341 e. The van der Waals surface area contributed by atoms with E-state index < -0.39 is 0 Å². The Labute approximate surface area is 158 Å². The molecule has 2 aliphatic rings. The number of halogens is 1. The number of aryl methyl sites for hydroxylation is 2. The summed E-state index contributed by atoms with van der Waals surface area (Å²) in [6, 6.07) is 12.6. The maximum atomic E-state index is 13.8. The molecule has 0 spiro atoms. The van der Waals surface area contributed by atoms with E-state index in [-0.39, 0.29) is 36.5 Å². The number of carbonyl (C=O) groups is 2. The summed E-state index contributed by atoms with van der Waals surface area (Å²) in [5.41, 5.74) is 4.04. The number of hydrogen-bond acceptors (Lipinski definition) is 2. The molecule has 2 aromatic rings. The number of carbonyl (C=O) groups excluding carboxylic acids is 2. The molecule has 1 fully saturated rings. The molecule has 2 amide bonds. The van der Waals surface area contributed by atoms with Crippen molar-refractivity contribution in [3.63, 3.8) is 0 Å². The standard InChI is InChI=1S/C22H23FN2O2/c1-24(13-17-5-2-3-8-20(17)23)22(27)18-12-21(26)25(14-18)19-10-9-15-6-4-7-16(15)11-19/h2-3,5,8-11,18H,4,6-7,12-14H2,1H3/t18-/m0/s1. The van der Waals surface area contributed by atoms with Gasteiger partial charge in [0.1, 0.15) is 5.82 Å². The number of fused-ring (bicyclic) bond motifs is 1. The molecule has 0 N–H and O–H groups in total. The van der Waals surface area contributed by atoms with Gasteiger partial charge in [-0.2, -0.15) is 0 Å².